The number of carbonyl (C=O) groups excluding carboxylic acids is 1. The topological polar surface area (TPSA) is 17.1 Å². The summed E-state index contributed by atoms with van der Waals surface area (Å²) in [5.41, 5.74) is 0. The van der Waals surface area contributed by atoms with Gasteiger partial charge in [-0.25, -0.2) is 0 Å². The molecule has 72 valence electrons. The van der Waals surface area contributed by atoms with Crippen LogP contribution in [0.25, 0.3) is 0 Å². The van der Waals surface area contributed by atoms with Gasteiger partial charge >= 0.3 is 0 Å². The summed E-state index contributed by atoms with van der Waals surface area (Å²) in [4.78, 5) is 11.5. The molecule has 0 saturated heterocycles. The summed E-state index contributed by atoms with van der Waals surface area (Å²) in [6, 6.07) is 0. The molecule has 0 aliphatic rings. The Morgan fingerprint density at radius 1 is 1.25 bits per heavy atom. The first-order valence-corrected chi connectivity index (χ1v) is 5.80. The second-order valence-corrected chi connectivity index (χ2v) is 4.90. The van der Waals surface area contributed by atoms with E-state index >= 15 is 0 Å². The molecular weight excluding hydrogens is 168 g/mol. The van der Waals surface area contributed by atoms with Gasteiger partial charge in [0.05, 0.1) is 5.75 Å². The van der Waals surface area contributed by atoms with Gasteiger partial charge in [0.1, 0.15) is 5.78 Å². The van der Waals surface area contributed by atoms with Crippen molar-refractivity contribution in [3.8, 4) is 0 Å². The van der Waals surface area contributed by atoms with Crippen molar-refractivity contribution in [3.63, 3.8) is 0 Å². The maximum absolute atomic E-state index is 11.5. The lowest BCUT2D eigenvalue weighted by Crippen LogP contribution is -2.15. The van der Waals surface area contributed by atoms with Gasteiger partial charge in [0.2, 0.25) is 0 Å². The predicted octanol–water partition coefficient (Wildman–Crippen LogP) is 3.13. The highest BCUT2D eigenvalue weighted by molar-refractivity contribution is 8.00. The van der Waals surface area contributed by atoms with Crippen LogP contribution in [0.3, 0.4) is 0 Å². The van der Waals surface area contributed by atoms with Gasteiger partial charge in [-0.15, -0.1) is 0 Å². The highest BCUT2D eigenvalue weighted by atomic mass is 32.2. The fourth-order valence-corrected chi connectivity index (χ4v) is 1.84. The quantitative estimate of drug-likeness (QED) is 0.637. The van der Waals surface area contributed by atoms with E-state index in [1.54, 1.807) is 11.8 Å². The Balaban J connectivity index is 3.69. The number of rotatable bonds is 6. The molecule has 0 aromatic rings. The normalized spacial score (nSPS) is 11.2. The van der Waals surface area contributed by atoms with Crippen LogP contribution in [0, 0.1) is 5.92 Å². The standard InChI is InChI=1S/C10H20OS/c1-5-9(6-2)10(11)7-12-8(3)4/h8-9H,5-7H2,1-4H3. The summed E-state index contributed by atoms with van der Waals surface area (Å²) in [5.74, 6) is 1.43. The Kier molecular flexibility index (Phi) is 6.54. The molecule has 0 rings (SSSR count). The molecule has 0 fully saturated rings. The monoisotopic (exact) mass is 188 g/mol. The van der Waals surface area contributed by atoms with Crippen molar-refractivity contribution >= 4 is 17.5 Å². The molecule has 0 heterocycles. The second-order valence-electron chi connectivity index (χ2n) is 3.34. The highest BCUT2D eigenvalue weighted by Gasteiger charge is 2.13. The lowest BCUT2D eigenvalue weighted by molar-refractivity contribution is -0.120. The van der Waals surface area contributed by atoms with E-state index in [1.807, 2.05) is 0 Å². The third-order valence-electron chi connectivity index (χ3n) is 2.00. The molecular formula is C10H20OS. The first-order valence-electron chi connectivity index (χ1n) is 4.76. The van der Waals surface area contributed by atoms with Crippen LogP contribution in [-0.4, -0.2) is 16.8 Å². The molecule has 0 aliphatic heterocycles. The minimum absolute atomic E-state index is 0.302. The molecule has 0 radical (unpaired) electrons. The fourth-order valence-electron chi connectivity index (χ4n) is 1.11. The molecule has 0 N–H and O–H groups in total. The second kappa shape index (κ2) is 6.53. The number of ketones is 1. The molecule has 0 bridgehead atoms. The molecule has 0 aromatic heterocycles. The number of hydrogen-bond acceptors (Lipinski definition) is 2. The van der Waals surface area contributed by atoms with Crippen molar-refractivity contribution in [2.45, 2.75) is 45.8 Å². The minimum Gasteiger partial charge on any atom is -0.298 e. The highest BCUT2D eigenvalue weighted by Crippen LogP contribution is 2.15. The molecule has 0 saturated carbocycles. The Morgan fingerprint density at radius 3 is 2.08 bits per heavy atom. The van der Waals surface area contributed by atoms with Crippen LogP contribution in [0.4, 0.5) is 0 Å². The number of carbonyl (C=O) groups is 1. The van der Waals surface area contributed by atoms with Crippen LogP contribution < -0.4 is 0 Å². The number of thioether (sulfide) groups is 1. The fraction of sp³-hybridized carbons (Fsp3) is 0.900. The molecule has 12 heavy (non-hydrogen) atoms. The SMILES string of the molecule is CCC(CC)C(=O)CSC(C)C. The van der Waals surface area contributed by atoms with Crippen LogP contribution in [0.5, 0.6) is 0 Å². The van der Waals surface area contributed by atoms with Crippen molar-refractivity contribution in [1.29, 1.82) is 0 Å². The van der Waals surface area contributed by atoms with E-state index in [0.29, 0.717) is 22.7 Å². The Hall–Kier alpha value is 0.0200. The van der Waals surface area contributed by atoms with E-state index in [-0.39, 0.29) is 0 Å². The van der Waals surface area contributed by atoms with Gasteiger partial charge in [0.25, 0.3) is 0 Å². The molecule has 0 spiro atoms. The van der Waals surface area contributed by atoms with Gasteiger partial charge in [0.15, 0.2) is 0 Å². The van der Waals surface area contributed by atoms with Crippen molar-refractivity contribution in [2.75, 3.05) is 5.75 Å². The maximum atomic E-state index is 11.5. The maximum Gasteiger partial charge on any atom is 0.145 e. The Bertz CT molecular complexity index is 128. The zero-order chi connectivity index (χ0) is 9.56. The largest absolute Gasteiger partial charge is 0.298 e. The molecule has 1 nitrogen and oxygen atoms in total. The van der Waals surface area contributed by atoms with Gasteiger partial charge in [-0.1, -0.05) is 27.7 Å². The average molecular weight is 188 g/mol. The third-order valence-corrected chi connectivity index (χ3v) is 3.12. The van der Waals surface area contributed by atoms with Crippen LogP contribution in [0.1, 0.15) is 40.5 Å². The smallest absolute Gasteiger partial charge is 0.145 e. The third kappa shape index (κ3) is 4.81. The Morgan fingerprint density at radius 2 is 1.75 bits per heavy atom. The summed E-state index contributed by atoms with van der Waals surface area (Å²) < 4.78 is 0. The van der Waals surface area contributed by atoms with Crippen LogP contribution in [0.15, 0.2) is 0 Å². The molecule has 0 amide bonds. The molecule has 2 heteroatoms. The first kappa shape index (κ1) is 12.0. The summed E-state index contributed by atoms with van der Waals surface area (Å²) >= 11 is 1.75. The van der Waals surface area contributed by atoms with E-state index in [1.165, 1.54) is 0 Å². The molecule has 0 unspecified atom stereocenters. The minimum atomic E-state index is 0.302. The van der Waals surface area contributed by atoms with E-state index in [9.17, 15) is 4.79 Å². The summed E-state index contributed by atoms with van der Waals surface area (Å²) in [6.07, 6.45) is 1.99. The van der Waals surface area contributed by atoms with Gasteiger partial charge in [0, 0.05) is 5.92 Å². The van der Waals surface area contributed by atoms with Crippen LogP contribution in [-0.2, 0) is 4.79 Å². The zero-order valence-corrected chi connectivity index (χ0v) is 9.41. The molecule has 0 aromatic carbocycles. The number of hydrogen-bond donors (Lipinski definition) is 0. The number of Topliss-reactive ketones (excluding diaryl/α,β-unsaturated/α-hetero) is 1. The van der Waals surface area contributed by atoms with Gasteiger partial charge in [-0.3, -0.25) is 4.79 Å². The van der Waals surface area contributed by atoms with E-state index in [2.05, 4.69) is 27.7 Å². The van der Waals surface area contributed by atoms with Crippen LogP contribution in [0.2, 0.25) is 0 Å². The predicted molar refractivity (Wildman–Crippen MR) is 56.7 cm³/mol. The van der Waals surface area contributed by atoms with Crippen molar-refractivity contribution in [2.24, 2.45) is 5.92 Å². The molecule has 0 aliphatic carbocycles. The average Bonchev–Trinajstić information content (AvgIpc) is 2.03. The Labute approximate surface area is 80.3 Å². The van der Waals surface area contributed by atoms with E-state index in [4.69, 9.17) is 0 Å². The zero-order valence-electron chi connectivity index (χ0n) is 8.59. The lowest BCUT2D eigenvalue weighted by atomic mass is 10.00. The van der Waals surface area contributed by atoms with Crippen molar-refractivity contribution < 1.29 is 4.79 Å². The molecule has 0 atom stereocenters. The summed E-state index contributed by atoms with van der Waals surface area (Å²) in [7, 11) is 0. The van der Waals surface area contributed by atoms with Crippen LogP contribution >= 0.6 is 11.8 Å². The lowest BCUT2D eigenvalue weighted by Gasteiger charge is -2.11. The summed E-state index contributed by atoms with van der Waals surface area (Å²) in [5, 5.41) is 0.573. The van der Waals surface area contributed by atoms with Gasteiger partial charge < -0.3 is 0 Å². The van der Waals surface area contributed by atoms with Crippen molar-refractivity contribution in [1.82, 2.24) is 0 Å². The first-order chi connectivity index (χ1) is 5.61. The van der Waals surface area contributed by atoms with Gasteiger partial charge in [-0.2, -0.15) is 11.8 Å². The van der Waals surface area contributed by atoms with E-state index < -0.39 is 0 Å². The van der Waals surface area contributed by atoms with Gasteiger partial charge in [-0.05, 0) is 18.1 Å². The van der Waals surface area contributed by atoms with E-state index in [0.717, 1.165) is 12.8 Å². The summed E-state index contributed by atoms with van der Waals surface area (Å²) in [6.45, 7) is 8.44. The van der Waals surface area contributed by atoms with Crippen molar-refractivity contribution in [3.05, 3.63) is 0 Å².